The molecule has 86 valence electrons. The van der Waals surface area contributed by atoms with Crippen LogP contribution in [0.5, 0.6) is 0 Å². The van der Waals surface area contributed by atoms with Crippen LogP contribution in [0.2, 0.25) is 0 Å². The van der Waals surface area contributed by atoms with Gasteiger partial charge in [0.1, 0.15) is 0 Å². The number of aromatic nitrogens is 2. The van der Waals surface area contributed by atoms with Crippen LogP contribution in [-0.4, -0.2) is 34.1 Å². The van der Waals surface area contributed by atoms with E-state index >= 15 is 0 Å². The van der Waals surface area contributed by atoms with E-state index < -0.39 is 0 Å². The van der Waals surface area contributed by atoms with Gasteiger partial charge < -0.3 is 15.7 Å². The van der Waals surface area contributed by atoms with Crippen LogP contribution in [0.4, 0.5) is 11.5 Å². The van der Waals surface area contributed by atoms with E-state index in [2.05, 4.69) is 5.10 Å². The third-order valence-corrected chi connectivity index (χ3v) is 2.85. The van der Waals surface area contributed by atoms with Crippen LogP contribution in [0, 0.1) is 6.92 Å². The fraction of sp³-hybridized carbons (Fsp3) is 0.700. The molecule has 0 bridgehead atoms. The second-order valence-corrected chi connectivity index (χ2v) is 4.48. The number of likely N-dealkylation sites (N-methyl/N-ethyl adjacent to an activating group) is 1. The van der Waals surface area contributed by atoms with Crippen LogP contribution in [0.1, 0.15) is 19.5 Å². The highest BCUT2D eigenvalue weighted by Gasteiger charge is 2.27. The first kappa shape index (κ1) is 11.8. The van der Waals surface area contributed by atoms with Crippen molar-refractivity contribution in [2.24, 2.45) is 7.05 Å². The molecule has 0 saturated heterocycles. The number of aliphatic hydroxyl groups is 1. The van der Waals surface area contributed by atoms with Crippen molar-refractivity contribution >= 4 is 11.5 Å². The number of anilines is 2. The number of aliphatic hydroxyl groups excluding tert-OH is 1. The Balaban J connectivity index is 3.16. The monoisotopic (exact) mass is 212 g/mol. The zero-order valence-corrected chi connectivity index (χ0v) is 10.1. The molecule has 0 aliphatic carbocycles. The molecule has 1 aromatic rings. The van der Waals surface area contributed by atoms with E-state index in [4.69, 9.17) is 5.73 Å². The first-order valence-electron chi connectivity index (χ1n) is 4.95. The largest absolute Gasteiger partial charge is 0.394 e. The minimum Gasteiger partial charge on any atom is -0.394 e. The first-order chi connectivity index (χ1) is 6.81. The normalized spacial score (nSPS) is 11.9. The van der Waals surface area contributed by atoms with E-state index in [0.29, 0.717) is 5.69 Å². The Hall–Kier alpha value is -1.23. The molecule has 0 aliphatic rings. The van der Waals surface area contributed by atoms with Crippen molar-refractivity contribution in [3.63, 3.8) is 0 Å². The highest BCUT2D eigenvalue weighted by Crippen LogP contribution is 2.29. The van der Waals surface area contributed by atoms with Crippen LogP contribution in [0.15, 0.2) is 0 Å². The minimum atomic E-state index is -0.353. The zero-order chi connectivity index (χ0) is 11.8. The molecule has 0 fully saturated rings. The molecule has 0 unspecified atom stereocenters. The summed E-state index contributed by atoms with van der Waals surface area (Å²) in [6.07, 6.45) is 0. The van der Waals surface area contributed by atoms with Crippen LogP contribution in [0.25, 0.3) is 0 Å². The Morgan fingerprint density at radius 2 is 2.07 bits per heavy atom. The summed E-state index contributed by atoms with van der Waals surface area (Å²) >= 11 is 0. The van der Waals surface area contributed by atoms with E-state index in [1.54, 1.807) is 4.68 Å². The lowest BCUT2D eigenvalue weighted by Gasteiger charge is -2.35. The maximum atomic E-state index is 9.30. The third kappa shape index (κ3) is 1.92. The fourth-order valence-corrected chi connectivity index (χ4v) is 1.45. The number of aryl methyl sites for hydroxylation is 2. The van der Waals surface area contributed by atoms with Gasteiger partial charge in [0, 0.05) is 14.1 Å². The molecule has 1 heterocycles. The summed E-state index contributed by atoms with van der Waals surface area (Å²) in [5.41, 5.74) is 7.08. The molecule has 3 N–H and O–H groups in total. The third-order valence-electron chi connectivity index (χ3n) is 2.85. The van der Waals surface area contributed by atoms with Gasteiger partial charge in [0.2, 0.25) is 0 Å². The van der Waals surface area contributed by atoms with Crippen molar-refractivity contribution in [2.75, 3.05) is 24.3 Å². The zero-order valence-electron chi connectivity index (χ0n) is 10.1. The van der Waals surface area contributed by atoms with Gasteiger partial charge in [-0.15, -0.1) is 0 Å². The predicted octanol–water partition coefficient (Wildman–Crippen LogP) is 0.518. The summed E-state index contributed by atoms with van der Waals surface area (Å²) < 4.78 is 1.74. The summed E-state index contributed by atoms with van der Waals surface area (Å²) in [6.45, 7) is 5.84. The molecule has 0 saturated carbocycles. The Morgan fingerprint density at radius 3 is 2.40 bits per heavy atom. The van der Waals surface area contributed by atoms with Gasteiger partial charge in [0.25, 0.3) is 0 Å². The number of rotatable bonds is 3. The number of hydrogen-bond donors (Lipinski definition) is 2. The summed E-state index contributed by atoms with van der Waals surface area (Å²) in [6, 6.07) is 0. The molecule has 0 amide bonds. The number of nitrogens with two attached hydrogens (primary N) is 1. The first-order valence-corrected chi connectivity index (χ1v) is 4.95. The van der Waals surface area contributed by atoms with Gasteiger partial charge in [-0.2, -0.15) is 5.10 Å². The lowest BCUT2D eigenvalue weighted by molar-refractivity contribution is 0.215. The molecule has 1 rings (SSSR count). The van der Waals surface area contributed by atoms with Gasteiger partial charge >= 0.3 is 0 Å². The highest BCUT2D eigenvalue weighted by molar-refractivity contribution is 5.66. The van der Waals surface area contributed by atoms with E-state index in [9.17, 15) is 5.11 Å². The van der Waals surface area contributed by atoms with Crippen LogP contribution in [-0.2, 0) is 7.05 Å². The van der Waals surface area contributed by atoms with E-state index in [1.807, 2.05) is 39.8 Å². The van der Waals surface area contributed by atoms with Gasteiger partial charge in [0.05, 0.1) is 23.5 Å². The standard InChI is InChI=1S/C10H20N4O/c1-7-8(11)9(14(5)12-7)13(4)10(2,3)6-15/h15H,6,11H2,1-5H3. The van der Waals surface area contributed by atoms with Crippen LogP contribution >= 0.6 is 0 Å². The molecule has 15 heavy (non-hydrogen) atoms. The lowest BCUT2D eigenvalue weighted by atomic mass is 10.1. The molecule has 0 spiro atoms. The average Bonchev–Trinajstić information content (AvgIpc) is 2.40. The van der Waals surface area contributed by atoms with Crippen molar-refractivity contribution in [1.82, 2.24) is 9.78 Å². The fourth-order valence-electron chi connectivity index (χ4n) is 1.45. The minimum absolute atomic E-state index is 0.0627. The number of nitrogen functional groups attached to an aromatic ring is 1. The van der Waals surface area contributed by atoms with E-state index in [-0.39, 0.29) is 12.1 Å². The van der Waals surface area contributed by atoms with Crippen molar-refractivity contribution in [3.05, 3.63) is 5.69 Å². The van der Waals surface area contributed by atoms with Gasteiger partial charge in [0.15, 0.2) is 5.82 Å². The molecule has 1 aromatic heterocycles. The maximum absolute atomic E-state index is 9.30. The second kappa shape index (κ2) is 3.73. The maximum Gasteiger partial charge on any atom is 0.150 e. The Labute approximate surface area is 90.5 Å². The Morgan fingerprint density at radius 1 is 1.53 bits per heavy atom. The molecule has 5 heteroatoms. The van der Waals surface area contributed by atoms with Crippen molar-refractivity contribution in [2.45, 2.75) is 26.3 Å². The van der Waals surface area contributed by atoms with E-state index in [0.717, 1.165) is 11.5 Å². The molecule has 0 radical (unpaired) electrons. The summed E-state index contributed by atoms with van der Waals surface area (Å²) in [5, 5.41) is 13.6. The molecule has 0 aliphatic heterocycles. The lowest BCUT2D eigenvalue weighted by Crippen LogP contribution is -2.45. The smallest absolute Gasteiger partial charge is 0.150 e. The van der Waals surface area contributed by atoms with Crippen molar-refractivity contribution in [1.29, 1.82) is 0 Å². The second-order valence-electron chi connectivity index (χ2n) is 4.48. The summed E-state index contributed by atoms with van der Waals surface area (Å²) in [5.74, 6) is 0.839. The van der Waals surface area contributed by atoms with Crippen molar-refractivity contribution in [3.8, 4) is 0 Å². The molecule has 0 atom stereocenters. The SMILES string of the molecule is Cc1nn(C)c(N(C)C(C)(C)CO)c1N. The summed E-state index contributed by atoms with van der Waals surface area (Å²) in [4.78, 5) is 1.95. The predicted molar refractivity (Wildman–Crippen MR) is 61.9 cm³/mol. The van der Waals surface area contributed by atoms with Crippen LogP contribution in [0.3, 0.4) is 0 Å². The van der Waals surface area contributed by atoms with Gasteiger partial charge in [-0.3, -0.25) is 4.68 Å². The van der Waals surface area contributed by atoms with E-state index in [1.165, 1.54) is 0 Å². The van der Waals surface area contributed by atoms with Gasteiger partial charge in [-0.05, 0) is 20.8 Å². The van der Waals surface area contributed by atoms with Gasteiger partial charge in [-0.1, -0.05) is 0 Å². The van der Waals surface area contributed by atoms with Crippen molar-refractivity contribution < 1.29 is 5.11 Å². The highest BCUT2D eigenvalue weighted by atomic mass is 16.3. The summed E-state index contributed by atoms with van der Waals surface area (Å²) in [7, 11) is 3.76. The topological polar surface area (TPSA) is 67.3 Å². The average molecular weight is 212 g/mol. The van der Waals surface area contributed by atoms with Gasteiger partial charge in [-0.25, -0.2) is 0 Å². The Bertz CT molecular complexity index is 357. The number of nitrogens with zero attached hydrogens (tertiary/aromatic N) is 3. The Kier molecular flexibility index (Phi) is 2.95. The molecular weight excluding hydrogens is 192 g/mol. The van der Waals surface area contributed by atoms with Crippen LogP contribution < -0.4 is 10.6 Å². The number of hydrogen-bond acceptors (Lipinski definition) is 4. The molecule has 0 aromatic carbocycles. The quantitative estimate of drug-likeness (QED) is 0.766. The molecule has 5 nitrogen and oxygen atoms in total. The molecular formula is C10H20N4O.